The van der Waals surface area contributed by atoms with Gasteiger partial charge in [-0.2, -0.15) is 0 Å². The normalized spacial score (nSPS) is 13.0. The van der Waals surface area contributed by atoms with Crippen molar-refractivity contribution in [2.45, 2.75) is 39.3 Å². The lowest BCUT2D eigenvalue weighted by Crippen LogP contribution is -2.27. The molecule has 21 heavy (non-hydrogen) atoms. The predicted octanol–water partition coefficient (Wildman–Crippen LogP) is 3.40. The number of carbonyl (C=O) groups excluding carboxylic acids is 1. The third kappa shape index (κ3) is 6.31. The summed E-state index contributed by atoms with van der Waals surface area (Å²) in [6.45, 7) is 7.32. The number of methoxy groups -OCH3 is 1. The Morgan fingerprint density at radius 1 is 1.38 bits per heavy atom. The Kier molecular flexibility index (Phi) is 5.79. The molecule has 0 aliphatic heterocycles. The minimum Gasteiger partial charge on any atom is -0.497 e. The highest BCUT2D eigenvalue weighted by molar-refractivity contribution is 5.88. The van der Waals surface area contributed by atoms with E-state index in [-0.39, 0.29) is 6.04 Å². The van der Waals surface area contributed by atoms with Crippen molar-refractivity contribution >= 4 is 17.9 Å². The van der Waals surface area contributed by atoms with Gasteiger partial charge in [0.25, 0.3) is 0 Å². The zero-order valence-electron chi connectivity index (χ0n) is 13.3. The molecule has 1 atom stereocenters. The van der Waals surface area contributed by atoms with E-state index in [0.717, 1.165) is 5.56 Å². The van der Waals surface area contributed by atoms with Gasteiger partial charge in [-0.05, 0) is 45.9 Å². The van der Waals surface area contributed by atoms with Crippen LogP contribution in [0.2, 0.25) is 0 Å². The van der Waals surface area contributed by atoms with Crippen LogP contribution in [0, 0.1) is 0 Å². The molecule has 1 unspecified atom stereocenters. The van der Waals surface area contributed by atoms with E-state index in [1.807, 2.05) is 45.9 Å². The van der Waals surface area contributed by atoms with Gasteiger partial charge in [0.1, 0.15) is 11.4 Å². The van der Waals surface area contributed by atoms with Gasteiger partial charge in [-0.15, -0.1) is 0 Å². The molecule has 0 aliphatic rings. The van der Waals surface area contributed by atoms with Crippen LogP contribution in [0.15, 0.2) is 24.3 Å². The Morgan fingerprint density at radius 2 is 2.05 bits per heavy atom. The van der Waals surface area contributed by atoms with Crippen molar-refractivity contribution in [3.63, 3.8) is 0 Å². The fourth-order valence-corrected chi connectivity index (χ4v) is 1.59. The zero-order chi connectivity index (χ0) is 16.0. The Labute approximate surface area is 126 Å². The molecule has 0 saturated carbocycles. The topological polar surface area (TPSA) is 73.6 Å². The SMILES string of the molecule is COc1ccc(NC(=O)OC(C)(C)C)c(/C=C/C(C)N)c1. The highest BCUT2D eigenvalue weighted by atomic mass is 16.6. The fourth-order valence-electron chi connectivity index (χ4n) is 1.59. The summed E-state index contributed by atoms with van der Waals surface area (Å²) in [6, 6.07) is 5.29. The number of hydrogen-bond acceptors (Lipinski definition) is 4. The van der Waals surface area contributed by atoms with E-state index in [1.165, 1.54) is 0 Å². The highest BCUT2D eigenvalue weighted by Crippen LogP contribution is 2.24. The molecular weight excluding hydrogens is 268 g/mol. The molecule has 3 N–H and O–H groups in total. The second kappa shape index (κ2) is 7.13. The molecule has 0 radical (unpaired) electrons. The molecule has 116 valence electrons. The number of nitrogens with one attached hydrogen (secondary N) is 1. The summed E-state index contributed by atoms with van der Waals surface area (Å²) in [5.74, 6) is 0.703. The van der Waals surface area contributed by atoms with Crippen LogP contribution in [0.3, 0.4) is 0 Å². The molecule has 0 aliphatic carbocycles. The van der Waals surface area contributed by atoms with Crippen molar-refractivity contribution in [2.75, 3.05) is 12.4 Å². The molecule has 0 fully saturated rings. The molecular formula is C16H24N2O3. The molecule has 5 heteroatoms. The average molecular weight is 292 g/mol. The third-order valence-corrected chi connectivity index (χ3v) is 2.47. The van der Waals surface area contributed by atoms with Crippen LogP contribution in [0.4, 0.5) is 10.5 Å². The molecule has 0 heterocycles. The molecule has 0 spiro atoms. The van der Waals surface area contributed by atoms with Gasteiger partial charge < -0.3 is 15.2 Å². The number of rotatable bonds is 4. The zero-order valence-corrected chi connectivity index (χ0v) is 13.3. The molecule has 1 aromatic carbocycles. The van der Waals surface area contributed by atoms with Gasteiger partial charge >= 0.3 is 6.09 Å². The van der Waals surface area contributed by atoms with Crippen molar-refractivity contribution in [2.24, 2.45) is 5.73 Å². The summed E-state index contributed by atoms with van der Waals surface area (Å²) in [6.07, 6.45) is 3.19. The largest absolute Gasteiger partial charge is 0.497 e. The van der Waals surface area contributed by atoms with Gasteiger partial charge in [0.05, 0.1) is 12.8 Å². The van der Waals surface area contributed by atoms with Crippen LogP contribution < -0.4 is 15.8 Å². The van der Waals surface area contributed by atoms with Crippen LogP contribution in [0.1, 0.15) is 33.3 Å². The van der Waals surface area contributed by atoms with Gasteiger partial charge in [0.2, 0.25) is 0 Å². The number of amides is 1. The lowest BCUT2D eigenvalue weighted by atomic mass is 10.1. The van der Waals surface area contributed by atoms with Gasteiger partial charge in [-0.25, -0.2) is 4.79 Å². The third-order valence-electron chi connectivity index (χ3n) is 2.47. The predicted molar refractivity (Wildman–Crippen MR) is 85.5 cm³/mol. The molecule has 0 saturated heterocycles. The Morgan fingerprint density at radius 3 is 2.57 bits per heavy atom. The minimum absolute atomic E-state index is 0.0782. The number of carbonyl (C=O) groups is 1. The van der Waals surface area contributed by atoms with E-state index in [2.05, 4.69) is 5.32 Å². The van der Waals surface area contributed by atoms with E-state index in [0.29, 0.717) is 11.4 Å². The highest BCUT2D eigenvalue weighted by Gasteiger charge is 2.17. The first kappa shape index (κ1) is 17.0. The summed E-state index contributed by atoms with van der Waals surface area (Å²) in [7, 11) is 1.59. The van der Waals surface area contributed by atoms with E-state index in [4.69, 9.17) is 15.2 Å². The van der Waals surface area contributed by atoms with E-state index < -0.39 is 11.7 Å². The maximum absolute atomic E-state index is 11.9. The summed E-state index contributed by atoms with van der Waals surface area (Å²) in [5, 5.41) is 2.73. The number of benzene rings is 1. The van der Waals surface area contributed by atoms with Gasteiger partial charge in [0.15, 0.2) is 0 Å². The van der Waals surface area contributed by atoms with Crippen molar-refractivity contribution in [1.29, 1.82) is 0 Å². The maximum atomic E-state index is 11.9. The fraction of sp³-hybridized carbons (Fsp3) is 0.438. The molecule has 1 aromatic rings. The molecule has 1 amide bonds. The van der Waals surface area contributed by atoms with Crippen LogP contribution in [0.25, 0.3) is 6.08 Å². The average Bonchev–Trinajstić information content (AvgIpc) is 2.35. The molecule has 1 rings (SSSR count). The molecule has 5 nitrogen and oxygen atoms in total. The maximum Gasteiger partial charge on any atom is 0.412 e. The van der Waals surface area contributed by atoms with Crippen molar-refractivity contribution in [3.05, 3.63) is 29.8 Å². The standard InChI is InChI=1S/C16H24N2O3/c1-11(17)6-7-12-10-13(20-5)8-9-14(12)18-15(19)21-16(2,3)4/h6-11H,17H2,1-5H3,(H,18,19)/b7-6+. The lowest BCUT2D eigenvalue weighted by molar-refractivity contribution is 0.0636. The number of anilines is 1. The second-order valence-electron chi connectivity index (χ2n) is 5.80. The second-order valence-corrected chi connectivity index (χ2v) is 5.80. The van der Waals surface area contributed by atoms with E-state index >= 15 is 0 Å². The van der Waals surface area contributed by atoms with Gasteiger partial charge in [-0.3, -0.25) is 5.32 Å². The summed E-state index contributed by atoms with van der Waals surface area (Å²) in [4.78, 5) is 11.9. The lowest BCUT2D eigenvalue weighted by Gasteiger charge is -2.20. The van der Waals surface area contributed by atoms with Gasteiger partial charge in [0, 0.05) is 11.6 Å². The first-order chi connectivity index (χ1) is 9.71. The molecule has 0 bridgehead atoms. The summed E-state index contributed by atoms with van der Waals surface area (Å²) >= 11 is 0. The van der Waals surface area contributed by atoms with Crippen LogP contribution >= 0.6 is 0 Å². The number of hydrogen-bond donors (Lipinski definition) is 2. The first-order valence-corrected chi connectivity index (χ1v) is 6.83. The minimum atomic E-state index is -0.543. The Balaban J connectivity index is 2.97. The van der Waals surface area contributed by atoms with Crippen molar-refractivity contribution < 1.29 is 14.3 Å². The Bertz CT molecular complexity index is 517. The number of ether oxygens (including phenoxy) is 2. The Hall–Kier alpha value is -2.01. The van der Waals surface area contributed by atoms with Crippen LogP contribution in [0.5, 0.6) is 5.75 Å². The molecule has 0 aromatic heterocycles. The smallest absolute Gasteiger partial charge is 0.412 e. The van der Waals surface area contributed by atoms with Crippen molar-refractivity contribution in [3.8, 4) is 5.75 Å². The summed E-state index contributed by atoms with van der Waals surface area (Å²) < 4.78 is 10.4. The van der Waals surface area contributed by atoms with Crippen LogP contribution in [-0.4, -0.2) is 24.8 Å². The van der Waals surface area contributed by atoms with E-state index in [1.54, 1.807) is 19.2 Å². The van der Waals surface area contributed by atoms with Crippen LogP contribution in [-0.2, 0) is 4.74 Å². The quantitative estimate of drug-likeness (QED) is 0.892. The van der Waals surface area contributed by atoms with Gasteiger partial charge in [-0.1, -0.05) is 12.2 Å². The van der Waals surface area contributed by atoms with E-state index in [9.17, 15) is 4.79 Å². The van der Waals surface area contributed by atoms with Crippen molar-refractivity contribution in [1.82, 2.24) is 0 Å². The number of nitrogens with two attached hydrogens (primary N) is 1. The monoisotopic (exact) mass is 292 g/mol. The summed E-state index contributed by atoms with van der Waals surface area (Å²) in [5.41, 5.74) is 6.62. The first-order valence-electron chi connectivity index (χ1n) is 6.83.